The van der Waals surface area contributed by atoms with Crippen LogP contribution in [0.1, 0.15) is 20.3 Å². The quantitative estimate of drug-likeness (QED) is 0.546. The summed E-state index contributed by atoms with van der Waals surface area (Å²) in [6.07, 6.45) is 0.987. The number of hydrogen-bond acceptors (Lipinski definition) is 3. The summed E-state index contributed by atoms with van der Waals surface area (Å²) in [6.45, 7) is 8.23. The van der Waals surface area contributed by atoms with Crippen molar-refractivity contribution in [1.29, 1.82) is 0 Å². The lowest BCUT2D eigenvalue weighted by molar-refractivity contribution is -0.122. The number of hydrogen-bond donors (Lipinski definition) is 2. The molecule has 0 aliphatic carbocycles. The van der Waals surface area contributed by atoms with Gasteiger partial charge in [0.15, 0.2) is 0 Å². The summed E-state index contributed by atoms with van der Waals surface area (Å²) in [7, 11) is 1.91. The first-order valence-electron chi connectivity index (χ1n) is 5.38. The third-order valence-corrected chi connectivity index (χ3v) is 2.19. The molecule has 0 spiro atoms. The standard InChI is InChI=1S/C10H23N3O/c1-4-13(5-2)9-10(14)12-8-6-7-11-3/h11H,4-9H2,1-3H3,(H,12,14). The normalized spacial score (nSPS) is 10.6. The minimum Gasteiger partial charge on any atom is -0.355 e. The van der Waals surface area contributed by atoms with Crippen LogP contribution in [0.15, 0.2) is 0 Å². The van der Waals surface area contributed by atoms with Crippen molar-refractivity contribution >= 4 is 5.91 Å². The lowest BCUT2D eigenvalue weighted by Gasteiger charge is -2.17. The lowest BCUT2D eigenvalue weighted by Crippen LogP contribution is -2.37. The summed E-state index contributed by atoms with van der Waals surface area (Å²) < 4.78 is 0. The Labute approximate surface area is 87.0 Å². The fraction of sp³-hybridized carbons (Fsp3) is 0.900. The van der Waals surface area contributed by atoms with Gasteiger partial charge in [-0.2, -0.15) is 0 Å². The molecule has 0 fully saturated rings. The van der Waals surface area contributed by atoms with Crippen LogP contribution in [0, 0.1) is 0 Å². The second kappa shape index (κ2) is 8.97. The number of amides is 1. The SMILES string of the molecule is CCN(CC)CC(=O)NCCCNC. The van der Waals surface area contributed by atoms with Crippen molar-refractivity contribution in [1.82, 2.24) is 15.5 Å². The van der Waals surface area contributed by atoms with E-state index in [9.17, 15) is 4.79 Å². The monoisotopic (exact) mass is 201 g/mol. The Morgan fingerprint density at radius 2 is 1.86 bits per heavy atom. The highest BCUT2D eigenvalue weighted by Gasteiger charge is 2.05. The molecule has 14 heavy (non-hydrogen) atoms. The van der Waals surface area contributed by atoms with Gasteiger partial charge in [0, 0.05) is 6.54 Å². The van der Waals surface area contributed by atoms with Crippen molar-refractivity contribution in [2.75, 3.05) is 39.8 Å². The molecule has 0 rings (SSSR count). The molecule has 4 heteroatoms. The fourth-order valence-corrected chi connectivity index (χ4v) is 1.20. The van der Waals surface area contributed by atoms with E-state index in [4.69, 9.17) is 0 Å². The second-order valence-corrected chi connectivity index (χ2v) is 3.27. The maximum absolute atomic E-state index is 11.4. The molecule has 0 aromatic carbocycles. The zero-order valence-corrected chi connectivity index (χ0v) is 9.60. The molecule has 0 radical (unpaired) electrons. The van der Waals surface area contributed by atoms with Gasteiger partial charge in [-0.1, -0.05) is 13.8 Å². The van der Waals surface area contributed by atoms with E-state index in [1.54, 1.807) is 0 Å². The molecule has 0 saturated heterocycles. The van der Waals surface area contributed by atoms with Gasteiger partial charge in [-0.25, -0.2) is 0 Å². The Kier molecular flexibility index (Phi) is 8.57. The van der Waals surface area contributed by atoms with Gasteiger partial charge in [0.1, 0.15) is 0 Å². The van der Waals surface area contributed by atoms with Crippen LogP contribution in [0.3, 0.4) is 0 Å². The molecular formula is C10H23N3O. The predicted octanol–water partition coefficient (Wildman–Crippen LogP) is 0.0539. The average molecular weight is 201 g/mol. The molecule has 0 aliphatic heterocycles. The molecule has 4 nitrogen and oxygen atoms in total. The summed E-state index contributed by atoms with van der Waals surface area (Å²) in [4.78, 5) is 13.5. The highest BCUT2D eigenvalue weighted by molar-refractivity contribution is 5.77. The van der Waals surface area contributed by atoms with Crippen LogP contribution >= 0.6 is 0 Å². The Bertz CT molecular complexity index is 146. The smallest absolute Gasteiger partial charge is 0.234 e. The van der Waals surface area contributed by atoms with E-state index in [0.717, 1.165) is 32.6 Å². The summed E-state index contributed by atoms with van der Waals surface area (Å²) in [5.41, 5.74) is 0. The van der Waals surface area contributed by atoms with Crippen LogP contribution < -0.4 is 10.6 Å². The number of rotatable bonds is 8. The van der Waals surface area contributed by atoms with Gasteiger partial charge in [-0.15, -0.1) is 0 Å². The first kappa shape index (κ1) is 13.4. The molecule has 84 valence electrons. The highest BCUT2D eigenvalue weighted by atomic mass is 16.2. The third-order valence-electron chi connectivity index (χ3n) is 2.19. The van der Waals surface area contributed by atoms with Gasteiger partial charge in [0.2, 0.25) is 5.91 Å². The van der Waals surface area contributed by atoms with Gasteiger partial charge in [0.05, 0.1) is 6.54 Å². The Balaban J connectivity index is 3.44. The molecule has 0 heterocycles. The third kappa shape index (κ3) is 6.86. The van der Waals surface area contributed by atoms with E-state index in [1.165, 1.54) is 0 Å². The number of nitrogens with zero attached hydrogens (tertiary/aromatic N) is 1. The van der Waals surface area contributed by atoms with Gasteiger partial charge in [-0.3, -0.25) is 9.69 Å². The second-order valence-electron chi connectivity index (χ2n) is 3.27. The van der Waals surface area contributed by atoms with E-state index in [1.807, 2.05) is 7.05 Å². The van der Waals surface area contributed by atoms with E-state index in [0.29, 0.717) is 6.54 Å². The maximum atomic E-state index is 11.4. The lowest BCUT2D eigenvalue weighted by atomic mass is 10.4. The van der Waals surface area contributed by atoms with Gasteiger partial charge < -0.3 is 10.6 Å². The van der Waals surface area contributed by atoms with Crippen LogP contribution in [0.2, 0.25) is 0 Å². The van der Waals surface area contributed by atoms with Crippen molar-refractivity contribution in [3.05, 3.63) is 0 Å². The topological polar surface area (TPSA) is 44.4 Å². The van der Waals surface area contributed by atoms with E-state index < -0.39 is 0 Å². The Morgan fingerprint density at radius 1 is 1.21 bits per heavy atom. The van der Waals surface area contributed by atoms with E-state index in [-0.39, 0.29) is 5.91 Å². The average Bonchev–Trinajstić information content (AvgIpc) is 2.21. The molecule has 2 N–H and O–H groups in total. The molecule has 0 aromatic rings. The predicted molar refractivity (Wildman–Crippen MR) is 59.3 cm³/mol. The molecule has 0 aromatic heterocycles. The van der Waals surface area contributed by atoms with E-state index in [2.05, 4.69) is 29.4 Å². The Hall–Kier alpha value is -0.610. The van der Waals surface area contributed by atoms with Gasteiger partial charge >= 0.3 is 0 Å². The summed E-state index contributed by atoms with van der Waals surface area (Å²) in [6, 6.07) is 0. The number of carbonyl (C=O) groups excluding carboxylic acids is 1. The van der Waals surface area contributed by atoms with Crippen molar-refractivity contribution in [3.8, 4) is 0 Å². The van der Waals surface area contributed by atoms with Crippen LogP contribution in [0.4, 0.5) is 0 Å². The number of carbonyl (C=O) groups is 1. The minimum absolute atomic E-state index is 0.129. The first-order chi connectivity index (χ1) is 6.74. The van der Waals surface area contributed by atoms with Crippen LogP contribution in [0.5, 0.6) is 0 Å². The zero-order chi connectivity index (χ0) is 10.8. The molecule has 0 saturated carbocycles. The van der Waals surface area contributed by atoms with Crippen LogP contribution in [-0.2, 0) is 4.79 Å². The van der Waals surface area contributed by atoms with Crippen LogP contribution in [0.25, 0.3) is 0 Å². The van der Waals surface area contributed by atoms with Gasteiger partial charge in [0.25, 0.3) is 0 Å². The fourth-order valence-electron chi connectivity index (χ4n) is 1.20. The van der Waals surface area contributed by atoms with E-state index >= 15 is 0 Å². The molecule has 0 aliphatic rings. The first-order valence-corrected chi connectivity index (χ1v) is 5.38. The van der Waals surface area contributed by atoms with Crippen molar-refractivity contribution in [3.63, 3.8) is 0 Å². The Morgan fingerprint density at radius 3 is 2.36 bits per heavy atom. The maximum Gasteiger partial charge on any atom is 0.234 e. The van der Waals surface area contributed by atoms with Gasteiger partial charge in [-0.05, 0) is 33.1 Å². The minimum atomic E-state index is 0.129. The zero-order valence-electron chi connectivity index (χ0n) is 9.60. The largest absolute Gasteiger partial charge is 0.355 e. The highest BCUT2D eigenvalue weighted by Crippen LogP contribution is 1.85. The summed E-state index contributed by atoms with van der Waals surface area (Å²) in [5.74, 6) is 0.129. The molecule has 0 unspecified atom stereocenters. The number of nitrogens with one attached hydrogen (secondary N) is 2. The van der Waals surface area contributed by atoms with Crippen molar-refractivity contribution < 1.29 is 4.79 Å². The molecule has 1 amide bonds. The summed E-state index contributed by atoms with van der Waals surface area (Å²) in [5, 5.41) is 5.94. The molecule has 0 bridgehead atoms. The van der Waals surface area contributed by atoms with Crippen molar-refractivity contribution in [2.45, 2.75) is 20.3 Å². The van der Waals surface area contributed by atoms with Crippen LogP contribution in [-0.4, -0.2) is 50.6 Å². The molecular weight excluding hydrogens is 178 g/mol. The van der Waals surface area contributed by atoms with Crippen molar-refractivity contribution in [2.24, 2.45) is 0 Å². The number of likely N-dealkylation sites (N-methyl/N-ethyl adjacent to an activating group) is 1. The molecule has 0 atom stereocenters. The summed E-state index contributed by atoms with van der Waals surface area (Å²) >= 11 is 0.